The number of alkyl halides is 1. The molecule has 0 saturated heterocycles. The van der Waals surface area contributed by atoms with E-state index in [1.54, 1.807) is 73.2 Å². The van der Waals surface area contributed by atoms with Crippen LogP contribution in [0.1, 0.15) is 125 Å². The van der Waals surface area contributed by atoms with E-state index in [-0.39, 0.29) is 94.8 Å². The molecule has 0 unspecified atom stereocenters. The van der Waals surface area contributed by atoms with Crippen molar-refractivity contribution < 1.29 is 80.6 Å². The minimum Gasteiger partial charge on any atom is -0.553 e. The zero-order valence-electron chi connectivity index (χ0n) is 60.3. The molecule has 0 spiro atoms. The molecule has 0 bridgehead atoms. The van der Waals surface area contributed by atoms with Crippen LogP contribution in [0.15, 0.2) is 167 Å². The SMILES string of the molecule is CCn1cc(-n2c(C3CC3)c(Sc3cccc(C(=O)OC)n3)c3ccc(Cl)c(F)c32)cn1.CCn1cc(-n2c(C3CC3)cc3ccc(Cl)c(F)c32)cn1.CCn1cc(Br)cn1.COC(=O)c1cccc(=S)[nH]1.Fc1c(Cl)ccc2cc(C3CC3)[nH]c12.Nc1c(C(=O)CCl)ccc(Cl)c1F.Nc1cccc(Cl)c1F.[NH-]O.[Na+]. The minimum absolute atomic E-state index is 0. The molecule has 8 aromatic heterocycles. The van der Waals surface area contributed by atoms with E-state index in [0.717, 1.165) is 92.8 Å². The molecule has 111 heavy (non-hydrogen) atoms. The van der Waals surface area contributed by atoms with Crippen LogP contribution in [0.4, 0.5) is 33.3 Å². The van der Waals surface area contributed by atoms with Gasteiger partial charge >= 0.3 is 41.5 Å². The maximum atomic E-state index is 15.4. The number of hydrogen-bond acceptors (Lipinski definition) is 14. The number of fused-ring (bicyclic) bond motifs is 3. The second-order valence-corrected chi connectivity index (χ2v) is 29.1. The van der Waals surface area contributed by atoms with Gasteiger partial charge in [0.1, 0.15) is 21.1 Å². The topological polar surface area (TPSA) is 274 Å². The minimum atomic E-state index is -0.780. The van der Waals surface area contributed by atoms with Crippen LogP contribution in [0.25, 0.3) is 50.0 Å². The zero-order chi connectivity index (χ0) is 79.8. The summed E-state index contributed by atoms with van der Waals surface area (Å²) in [6.45, 7) is 8.54. The van der Waals surface area contributed by atoms with Crippen molar-refractivity contribution in [1.29, 1.82) is 0 Å². The van der Waals surface area contributed by atoms with Gasteiger partial charge in [-0.3, -0.25) is 18.8 Å². The number of ketones is 1. The summed E-state index contributed by atoms with van der Waals surface area (Å²) >= 11 is 43.5. The zero-order valence-corrected chi connectivity index (χ0v) is 70.0. The summed E-state index contributed by atoms with van der Waals surface area (Å²) in [7, 11) is 2.65. The number of aromatic amines is 2. The van der Waals surface area contributed by atoms with Gasteiger partial charge in [-0.25, -0.2) is 36.5 Å². The number of methoxy groups -OCH3 is 2. The van der Waals surface area contributed by atoms with Crippen LogP contribution < -0.4 is 41.0 Å². The number of aryl methyl sites for hydroxylation is 3. The first-order valence-electron chi connectivity index (χ1n) is 33.8. The van der Waals surface area contributed by atoms with Crippen molar-refractivity contribution in [3.8, 4) is 11.4 Å². The molecule has 578 valence electrons. The van der Waals surface area contributed by atoms with E-state index in [1.807, 2.05) is 85.9 Å². The third-order valence-corrected chi connectivity index (χ3v) is 20.4. The number of esters is 2. The summed E-state index contributed by atoms with van der Waals surface area (Å²) in [6.07, 6.45) is 17.9. The largest absolute Gasteiger partial charge is 1.00 e. The number of halogens is 12. The molecule has 3 aliphatic rings. The summed E-state index contributed by atoms with van der Waals surface area (Å²) in [5.41, 5.74) is 17.5. The normalized spacial score (nSPS) is 12.5. The average molecular weight is 1750 g/mol. The molecule has 3 aliphatic carbocycles. The molecule has 3 saturated carbocycles. The maximum Gasteiger partial charge on any atom is 1.00 e. The summed E-state index contributed by atoms with van der Waals surface area (Å²) in [5.74, 6) is 2.15. The van der Waals surface area contributed by atoms with Gasteiger partial charge in [0.15, 0.2) is 34.9 Å². The molecule has 16 rings (SSSR count). The molecular weight excluding hydrogens is 1680 g/mol. The number of anilines is 2. The van der Waals surface area contributed by atoms with Crippen molar-refractivity contribution in [2.75, 3.05) is 31.6 Å². The number of nitrogen functional groups attached to an aromatic ring is 2. The Kier molecular flexibility index (Phi) is 33.0. The number of nitrogens with one attached hydrogen (secondary N) is 3. The molecule has 0 atom stereocenters. The molecule has 0 radical (unpaired) electrons. The van der Waals surface area contributed by atoms with Crippen LogP contribution in [0.2, 0.25) is 25.1 Å². The van der Waals surface area contributed by atoms with Gasteiger partial charge in [0.2, 0.25) is 0 Å². The fourth-order valence-corrected chi connectivity index (χ4v) is 13.7. The van der Waals surface area contributed by atoms with E-state index in [0.29, 0.717) is 56.2 Å². The third kappa shape index (κ3) is 22.4. The van der Waals surface area contributed by atoms with Gasteiger partial charge in [0.05, 0.1) is 108 Å². The van der Waals surface area contributed by atoms with Crippen molar-refractivity contribution in [1.82, 2.24) is 53.4 Å². The second-order valence-electron chi connectivity index (χ2n) is 24.4. The number of Topliss-reactive ketones (excluding diaryl/α,β-unsaturated/α-hetero) is 1. The standard InChI is InChI=1S/C23H20ClFN4O2S.C16H15ClFN3.C11H9ClFN.C8H6Cl2FNO.C7H7NO2S.C6H5ClFN.C5H7BrN2.H2NO.Na/c1-3-28-12-14(11-26-28)29-20(13-7-8-13)22(15-9-10-16(24)19(25)21(15)29)32-18-6-4-5-17(27-18)23(30)31-2;1-2-20-9-12(8-19-20)21-14(10-3-4-10)7-11-5-6-13(17)15(18)16(11)21;12-8-4-3-7-5-9(6-1-2-6)14-11(7)10(8)13;9-3-6(13)4-1-2-5(10)7(11)8(4)12;1-10-7(9)5-3-2-4-6(11)8-5;7-4-2-1-3-5(9)6(4)8;1-2-8-4-5(6)3-7-8;1-2;/h4-6,9-13H,3,7-8H2,1-2H3;5-10H,2-4H2,1H3;3-6,14H,1-2H2;1-2H,3,12H2;2-4H,1H3,(H,8,11);1-3H,9H2;3-4H,2H2,1H3;1-2H;/q;;;;;;;-1;+1. The summed E-state index contributed by atoms with van der Waals surface area (Å²) in [6, 6.07) is 31.8. The van der Waals surface area contributed by atoms with Gasteiger partial charge in [-0.2, -0.15) is 15.3 Å². The van der Waals surface area contributed by atoms with Crippen molar-refractivity contribution in [3.05, 3.63) is 256 Å². The first kappa shape index (κ1) is 88.8. The number of carbonyl (C=O) groups excluding carboxylic acids is 3. The Morgan fingerprint density at radius 3 is 1.68 bits per heavy atom. The molecule has 5 aromatic carbocycles. The van der Waals surface area contributed by atoms with Gasteiger partial charge in [-0.05, 0) is 172 Å². The number of carbonyl (C=O) groups is 3. The van der Waals surface area contributed by atoms with Crippen LogP contribution >= 0.6 is 110 Å². The Bertz CT molecular complexity index is 5480. The van der Waals surface area contributed by atoms with Crippen LogP contribution in [0, 0.1) is 33.7 Å². The van der Waals surface area contributed by atoms with Crippen LogP contribution in [0.3, 0.4) is 0 Å². The fraction of sp³-hybridized carbons (Fsp3) is 0.237. The van der Waals surface area contributed by atoms with Crippen molar-refractivity contribution in [2.45, 2.75) is 107 Å². The van der Waals surface area contributed by atoms with Gasteiger partial charge in [-0.1, -0.05) is 112 Å². The van der Waals surface area contributed by atoms with E-state index in [1.165, 1.54) is 63.1 Å². The van der Waals surface area contributed by atoms with E-state index in [4.69, 9.17) is 109 Å². The van der Waals surface area contributed by atoms with E-state index in [9.17, 15) is 31.9 Å². The molecule has 8 N–H and O–H groups in total. The Labute approximate surface area is 704 Å². The van der Waals surface area contributed by atoms with Crippen LogP contribution in [-0.4, -0.2) is 96.5 Å². The predicted molar refractivity (Wildman–Crippen MR) is 430 cm³/mol. The number of benzene rings is 5. The average Bonchev–Trinajstić information content (AvgIpc) is 1.58. The van der Waals surface area contributed by atoms with Crippen molar-refractivity contribution >= 4 is 171 Å². The molecular formula is C76H71BrCl6F5N14NaO6S2. The number of H-pyrrole nitrogens is 2. The molecule has 8 heterocycles. The Morgan fingerprint density at radius 1 is 0.613 bits per heavy atom. The van der Waals surface area contributed by atoms with Crippen LogP contribution in [-0.2, 0) is 29.1 Å². The number of rotatable bonds is 14. The number of hydrogen-bond donors (Lipinski definition) is 5. The maximum absolute atomic E-state index is 15.4. The summed E-state index contributed by atoms with van der Waals surface area (Å²) in [4.78, 5) is 45.1. The number of nitrogens with zero attached hydrogens (tertiary/aromatic N) is 9. The number of ether oxygens (including phenoxy) is 2. The Morgan fingerprint density at radius 2 is 1.14 bits per heavy atom. The summed E-state index contributed by atoms with van der Waals surface area (Å²) in [5, 5.41) is 22.5. The van der Waals surface area contributed by atoms with Crippen molar-refractivity contribution in [2.24, 2.45) is 0 Å². The first-order chi connectivity index (χ1) is 52.8. The van der Waals surface area contributed by atoms with Crippen LogP contribution in [0.5, 0.6) is 0 Å². The quantitative estimate of drug-likeness (QED) is 0.00990. The predicted octanol–water partition coefficient (Wildman–Crippen LogP) is 19.4. The van der Waals surface area contributed by atoms with E-state index >= 15 is 4.39 Å². The van der Waals surface area contributed by atoms with Gasteiger partial charge in [0.25, 0.3) is 0 Å². The smallest absolute Gasteiger partial charge is 0.553 e. The second kappa shape index (κ2) is 41.3. The molecule has 0 amide bonds. The Hall–Kier alpha value is -7.78. The summed E-state index contributed by atoms with van der Waals surface area (Å²) < 4.78 is 89.3. The molecule has 20 nitrogen and oxygen atoms in total. The molecule has 3 fully saturated rings. The van der Waals surface area contributed by atoms with Gasteiger partial charge in [0, 0.05) is 87.8 Å². The number of pyridine rings is 2. The Balaban J connectivity index is 0.000000171. The number of aromatic nitrogens is 11. The fourth-order valence-electron chi connectivity index (χ4n) is 11.1. The van der Waals surface area contributed by atoms with Crippen molar-refractivity contribution in [3.63, 3.8) is 0 Å². The first-order valence-corrected chi connectivity index (χ1v) is 38.2. The number of nitrogens with two attached hydrogens (primary N) is 2. The van der Waals surface area contributed by atoms with E-state index in [2.05, 4.69) is 63.9 Å². The molecule has 0 aliphatic heterocycles. The molecule has 35 heteroatoms. The van der Waals surface area contributed by atoms with Gasteiger partial charge in [-0.15, -0.1) is 11.6 Å². The van der Waals surface area contributed by atoms with E-state index < -0.39 is 35.2 Å². The van der Waals surface area contributed by atoms with Gasteiger partial charge < -0.3 is 51.1 Å². The molecule has 13 aromatic rings. The third-order valence-electron chi connectivity index (χ3n) is 16.9. The monoisotopic (exact) mass is 1750 g/mol.